The van der Waals surface area contributed by atoms with Crippen LogP contribution in [-0.4, -0.2) is 36.1 Å². The van der Waals surface area contributed by atoms with E-state index in [9.17, 15) is 0 Å². The Morgan fingerprint density at radius 1 is 1.17 bits per heavy atom. The first-order valence-electron chi connectivity index (χ1n) is 6.36. The van der Waals surface area contributed by atoms with Gasteiger partial charge in [0.15, 0.2) is 11.5 Å². The third-order valence-corrected chi connectivity index (χ3v) is 2.65. The van der Waals surface area contributed by atoms with Gasteiger partial charge < -0.3 is 10.2 Å². The van der Waals surface area contributed by atoms with Gasteiger partial charge in [0.1, 0.15) is 0 Å². The van der Waals surface area contributed by atoms with Gasteiger partial charge in [-0.25, -0.2) is 9.97 Å². The summed E-state index contributed by atoms with van der Waals surface area (Å²) >= 11 is 0. The third kappa shape index (κ3) is 3.44. The normalized spacial score (nSPS) is 16.1. The average Bonchev–Trinajstić information content (AvgIpc) is 2.37. The van der Waals surface area contributed by atoms with Gasteiger partial charge in [-0.2, -0.15) is 0 Å². The number of rotatable bonds is 1. The standard InChI is InChI=1S/C14H20N4/c1-14(2,3)5-4-12-13(17-7-6-16-12)18-10-8-15-9-11-18/h6-7,15H,8-11H2,1-3H3. The van der Waals surface area contributed by atoms with Gasteiger partial charge in [0.2, 0.25) is 0 Å². The van der Waals surface area contributed by atoms with Crippen molar-refractivity contribution in [2.75, 3.05) is 31.1 Å². The summed E-state index contributed by atoms with van der Waals surface area (Å²) in [5, 5.41) is 3.33. The summed E-state index contributed by atoms with van der Waals surface area (Å²) < 4.78 is 0. The van der Waals surface area contributed by atoms with E-state index in [1.807, 2.05) is 0 Å². The van der Waals surface area contributed by atoms with E-state index in [0.29, 0.717) is 0 Å². The number of nitrogens with one attached hydrogen (secondary N) is 1. The molecule has 2 rings (SSSR count). The molecule has 0 spiro atoms. The second kappa shape index (κ2) is 5.36. The first-order chi connectivity index (χ1) is 8.56. The molecular formula is C14H20N4. The highest BCUT2D eigenvalue weighted by Crippen LogP contribution is 2.16. The van der Waals surface area contributed by atoms with Gasteiger partial charge in [0, 0.05) is 44.0 Å². The van der Waals surface area contributed by atoms with E-state index < -0.39 is 0 Å². The number of anilines is 1. The molecule has 0 bridgehead atoms. The fourth-order valence-corrected chi connectivity index (χ4v) is 1.77. The van der Waals surface area contributed by atoms with Crippen molar-refractivity contribution in [2.24, 2.45) is 5.41 Å². The van der Waals surface area contributed by atoms with Crippen LogP contribution in [0.3, 0.4) is 0 Å². The quantitative estimate of drug-likeness (QED) is 0.756. The first-order valence-corrected chi connectivity index (χ1v) is 6.36. The zero-order valence-corrected chi connectivity index (χ0v) is 11.3. The van der Waals surface area contributed by atoms with Gasteiger partial charge >= 0.3 is 0 Å². The fraction of sp³-hybridized carbons (Fsp3) is 0.571. The van der Waals surface area contributed by atoms with Crippen molar-refractivity contribution in [3.63, 3.8) is 0 Å². The molecule has 4 nitrogen and oxygen atoms in total. The molecule has 1 aromatic rings. The number of hydrogen-bond donors (Lipinski definition) is 1. The SMILES string of the molecule is CC(C)(C)C#Cc1nccnc1N1CCNCC1. The molecule has 2 heterocycles. The van der Waals surface area contributed by atoms with E-state index in [1.165, 1.54) is 0 Å². The first kappa shape index (κ1) is 12.8. The Bertz CT molecular complexity index is 459. The van der Waals surface area contributed by atoms with Crippen LogP contribution in [0, 0.1) is 17.3 Å². The summed E-state index contributed by atoms with van der Waals surface area (Å²) in [4.78, 5) is 11.0. The zero-order chi connectivity index (χ0) is 13.0. The lowest BCUT2D eigenvalue weighted by Gasteiger charge is -2.28. The van der Waals surface area contributed by atoms with Gasteiger partial charge in [-0.1, -0.05) is 5.92 Å². The van der Waals surface area contributed by atoms with Gasteiger partial charge in [-0.15, -0.1) is 0 Å². The molecule has 1 fully saturated rings. The Kier molecular flexibility index (Phi) is 3.83. The van der Waals surface area contributed by atoms with E-state index in [0.717, 1.165) is 37.7 Å². The van der Waals surface area contributed by atoms with E-state index in [4.69, 9.17) is 0 Å². The molecule has 1 saturated heterocycles. The predicted octanol–water partition coefficient (Wildman–Crippen LogP) is 1.28. The lowest BCUT2D eigenvalue weighted by Crippen LogP contribution is -2.44. The number of aromatic nitrogens is 2. The topological polar surface area (TPSA) is 41.1 Å². The summed E-state index contributed by atoms with van der Waals surface area (Å²) in [7, 11) is 0. The molecule has 0 amide bonds. The summed E-state index contributed by atoms with van der Waals surface area (Å²) in [5.74, 6) is 7.30. The highest BCUT2D eigenvalue weighted by Gasteiger charge is 2.15. The monoisotopic (exact) mass is 244 g/mol. The highest BCUT2D eigenvalue weighted by atomic mass is 15.2. The van der Waals surface area contributed by atoms with Gasteiger partial charge in [-0.3, -0.25) is 0 Å². The molecular weight excluding hydrogens is 224 g/mol. The highest BCUT2D eigenvalue weighted by molar-refractivity contribution is 5.52. The maximum Gasteiger partial charge on any atom is 0.163 e. The second-order valence-corrected chi connectivity index (χ2v) is 5.47. The Hall–Kier alpha value is -1.60. The minimum absolute atomic E-state index is 0.0156. The predicted molar refractivity (Wildman–Crippen MR) is 73.4 cm³/mol. The number of piperazine rings is 1. The van der Waals surface area contributed by atoms with E-state index in [2.05, 4.69) is 52.8 Å². The molecule has 1 N–H and O–H groups in total. The van der Waals surface area contributed by atoms with E-state index in [-0.39, 0.29) is 5.41 Å². The largest absolute Gasteiger partial charge is 0.352 e. The van der Waals surface area contributed by atoms with Crippen molar-refractivity contribution in [1.82, 2.24) is 15.3 Å². The van der Waals surface area contributed by atoms with Crippen molar-refractivity contribution >= 4 is 5.82 Å². The van der Waals surface area contributed by atoms with Crippen molar-refractivity contribution in [2.45, 2.75) is 20.8 Å². The zero-order valence-electron chi connectivity index (χ0n) is 11.3. The Morgan fingerprint density at radius 3 is 2.50 bits per heavy atom. The molecule has 4 heteroatoms. The Labute approximate surface area is 109 Å². The lowest BCUT2D eigenvalue weighted by molar-refractivity contribution is 0.570. The summed E-state index contributed by atoms with van der Waals surface area (Å²) in [5.41, 5.74) is 0.771. The van der Waals surface area contributed by atoms with Crippen molar-refractivity contribution in [3.8, 4) is 11.8 Å². The molecule has 96 valence electrons. The average molecular weight is 244 g/mol. The lowest BCUT2D eigenvalue weighted by atomic mass is 9.98. The maximum atomic E-state index is 4.44. The van der Waals surface area contributed by atoms with Gasteiger partial charge in [-0.05, 0) is 26.7 Å². The second-order valence-electron chi connectivity index (χ2n) is 5.47. The maximum absolute atomic E-state index is 4.44. The van der Waals surface area contributed by atoms with Crippen molar-refractivity contribution in [1.29, 1.82) is 0 Å². The molecule has 18 heavy (non-hydrogen) atoms. The van der Waals surface area contributed by atoms with Crippen LogP contribution in [0.15, 0.2) is 12.4 Å². The van der Waals surface area contributed by atoms with Crippen LogP contribution >= 0.6 is 0 Å². The molecule has 0 radical (unpaired) electrons. The molecule has 1 aliphatic rings. The summed E-state index contributed by atoms with van der Waals surface area (Å²) in [6.07, 6.45) is 3.44. The van der Waals surface area contributed by atoms with Crippen LogP contribution in [0.4, 0.5) is 5.82 Å². The molecule has 0 aromatic carbocycles. The van der Waals surface area contributed by atoms with Crippen LogP contribution < -0.4 is 10.2 Å². The van der Waals surface area contributed by atoms with Gasteiger partial charge in [0.25, 0.3) is 0 Å². The molecule has 0 unspecified atom stereocenters. The molecule has 0 atom stereocenters. The van der Waals surface area contributed by atoms with Crippen LogP contribution in [0.1, 0.15) is 26.5 Å². The van der Waals surface area contributed by atoms with Gasteiger partial charge in [0.05, 0.1) is 0 Å². The van der Waals surface area contributed by atoms with Crippen LogP contribution in [0.5, 0.6) is 0 Å². The minimum atomic E-state index is -0.0156. The fourth-order valence-electron chi connectivity index (χ4n) is 1.77. The summed E-state index contributed by atoms with van der Waals surface area (Å²) in [6.45, 7) is 10.2. The molecule has 0 saturated carbocycles. The summed E-state index contributed by atoms with van der Waals surface area (Å²) in [6, 6.07) is 0. The van der Waals surface area contributed by atoms with Crippen molar-refractivity contribution in [3.05, 3.63) is 18.1 Å². The Morgan fingerprint density at radius 2 is 1.83 bits per heavy atom. The molecule has 1 aliphatic heterocycles. The molecule has 1 aromatic heterocycles. The van der Waals surface area contributed by atoms with Crippen LogP contribution in [-0.2, 0) is 0 Å². The third-order valence-electron chi connectivity index (χ3n) is 2.65. The van der Waals surface area contributed by atoms with Crippen molar-refractivity contribution < 1.29 is 0 Å². The van der Waals surface area contributed by atoms with Crippen LogP contribution in [0.25, 0.3) is 0 Å². The number of nitrogens with zero attached hydrogens (tertiary/aromatic N) is 3. The van der Waals surface area contributed by atoms with E-state index in [1.54, 1.807) is 12.4 Å². The molecule has 0 aliphatic carbocycles. The minimum Gasteiger partial charge on any atom is -0.352 e. The Balaban J connectivity index is 2.27. The number of hydrogen-bond acceptors (Lipinski definition) is 4. The van der Waals surface area contributed by atoms with Crippen LogP contribution in [0.2, 0.25) is 0 Å². The van der Waals surface area contributed by atoms with E-state index >= 15 is 0 Å². The smallest absolute Gasteiger partial charge is 0.163 e.